The van der Waals surface area contributed by atoms with E-state index in [1.54, 1.807) is 29.7 Å². The molecule has 0 saturated carbocycles. The second kappa shape index (κ2) is 4.46. The highest BCUT2D eigenvalue weighted by atomic mass is 35.5. The standard InChI is InChI=1S/C9H14ClN3O/c1-7(10)9(14)12(2)6-8-4-5-11-13(8)3/h4-5,7H,6H2,1-3H3. The first-order valence-electron chi connectivity index (χ1n) is 4.38. The molecule has 0 aliphatic carbocycles. The molecule has 0 aromatic carbocycles. The van der Waals surface area contributed by atoms with Gasteiger partial charge in [0.2, 0.25) is 5.91 Å². The molecule has 1 rings (SSSR count). The number of aromatic nitrogens is 2. The van der Waals surface area contributed by atoms with E-state index in [0.29, 0.717) is 6.54 Å². The fraction of sp³-hybridized carbons (Fsp3) is 0.556. The van der Waals surface area contributed by atoms with E-state index in [-0.39, 0.29) is 5.91 Å². The summed E-state index contributed by atoms with van der Waals surface area (Å²) in [6.07, 6.45) is 1.71. The van der Waals surface area contributed by atoms with Gasteiger partial charge in [0.05, 0.1) is 12.2 Å². The Balaban J connectivity index is 2.62. The van der Waals surface area contributed by atoms with Crippen molar-refractivity contribution in [3.05, 3.63) is 18.0 Å². The number of nitrogens with zero attached hydrogens (tertiary/aromatic N) is 3. The molecule has 1 amide bonds. The molecule has 5 heteroatoms. The predicted octanol–water partition coefficient (Wildman–Crippen LogP) is 1.01. The first kappa shape index (κ1) is 11.0. The molecule has 1 aromatic heterocycles. The van der Waals surface area contributed by atoms with Crippen LogP contribution in [0.1, 0.15) is 12.6 Å². The molecule has 0 bridgehead atoms. The maximum absolute atomic E-state index is 11.4. The second-order valence-electron chi connectivity index (χ2n) is 3.26. The van der Waals surface area contributed by atoms with Crippen LogP contribution in [0.3, 0.4) is 0 Å². The van der Waals surface area contributed by atoms with Crippen molar-refractivity contribution in [2.45, 2.75) is 18.8 Å². The lowest BCUT2D eigenvalue weighted by Gasteiger charge is -2.18. The van der Waals surface area contributed by atoms with Crippen LogP contribution in [0.5, 0.6) is 0 Å². The Morgan fingerprint density at radius 2 is 2.43 bits per heavy atom. The Bertz CT molecular complexity index is 322. The van der Waals surface area contributed by atoms with E-state index in [1.165, 1.54) is 0 Å². The zero-order valence-electron chi connectivity index (χ0n) is 8.57. The second-order valence-corrected chi connectivity index (χ2v) is 3.91. The molecular formula is C9H14ClN3O. The number of alkyl halides is 1. The lowest BCUT2D eigenvalue weighted by molar-refractivity contribution is -0.129. The van der Waals surface area contributed by atoms with Crippen molar-refractivity contribution in [3.8, 4) is 0 Å². The van der Waals surface area contributed by atoms with Crippen LogP contribution in [0.2, 0.25) is 0 Å². The summed E-state index contributed by atoms with van der Waals surface area (Å²) in [5.74, 6) is -0.0760. The lowest BCUT2D eigenvalue weighted by Crippen LogP contribution is -2.32. The largest absolute Gasteiger partial charge is 0.339 e. The van der Waals surface area contributed by atoms with Crippen LogP contribution < -0.4 is 0 Å². The molecule has 1 aromatic rings. The van der Waals surface area contributed by atoms with E-state index in [2.05, 4.69) is 5.10 Å². The predicted molar refractivity (Wildman–Crippen MR) is 55.0 cm³/mol. The van der Waals surface area contributed by atoms with Gasteiger partial charge in [0, 0.05) is 20.3 Å². The van der Waals surface area contributed by atoms with E-state index < -0.39 is 5.38 Å². The highest BCUT2D eigenvalue weighted by molar-refractivity contribution is 6.30. The van der Waals surface area contributed by atoms with E-state index in [4.69, 9.17) is 11.6 Å². The minimum atomic E-state index is -0.478. The van der Waals surface area contributed by atoms with Gasteiger partial charge in [-0.15, -0.1) is 11.6 Å². The van der Waals surface area contributed by atoms with Crippen LogP contribution in [0.15, 0.2) is 12.3 Å². The van der Waals surface area contributed by atoms with Gasteiger partial charge in [0.15, 0.2) is 0 Å². The number of hydrogen-bond acceptors (Lipinski definition) is 2. The summed E-state index contributed by atoms with van der Waals surface area (Å²) in [6.45, 7) is 2.20. The van der Waals surface area contributed by atoms with Crippen LogP contribution in [-0.2, 0) is 18.4 Å². The Labute approximate surface area is 88.5 Å². The van der Waals surface area contributed by atoms with Crippen molar-refractivity contribution >= 4 is 17.5 Å². The van der Waals surface area contributed by atoms with Gasteiger partial charge in [-0.05, 0) is 13.0 Å². The van der Waals surface area contributed by atoms with Gasteiger partial charge >= 0.3 is 0 Å². The summed E-state index contributed by atoms with van der Waals surface area (Å²) in [5, 5.41) is 3.54. The summed E-state index contributed by atoms with van der Waals surface area (Å²) in [7, 11) is 3.58. The average molecular weight is 216 g/mol. The molecule has 0 saturated heterocycles. The van der Waals surface area contributed by atoms with Crippen molar-refractivity contribution in [3.63, 3.8) is 0 Å². The molecule has 1 unspecified atom stereocenters. The van der Waals surface area contributed by atoms with Gasteiger partial charge in [-0.3, -0.25) is 9.48 Å². The van der Waals surface area contributed by atoms with E-state index in [1.807, 2.05) is 13.1 Å². The summed E-state index contributed by atoms with van der Waals surface area (Å²) in [6, 6.07) is 1.88. The SMILES string of the molecule is CC(Cl)C(=O)N(C)Cc1ccnn1C. The first-order valence-corrected chi connectivity index (χ1v) is 4.82. The molecule has 14 heavy (non-hydrogen) atoms. The number of carbonyl (C=O) groups excluding carboxylic acids is 1. The van der Waals surface area contributed by atoms with Gasteiger partial charge in [-0.1, -0.05) is 0 Å². The fourth-order valence-corrected chi connectivity index (χ4v) is 1.35. The summed E-state index contributed by atoms with van der Waals surface area (Å²) < 4.78 is 1.74. The smallest absolute Gasteiger partial charge is 0.240 e. The van der Waals surface area contributed by atoms with E-state index in [0.717, 1.165) is 5.69 Å². The highest BCUT2D eigenvalue weighted by Gasteiger charge is 2.15. The average Bonchev–Trinajstić information content (AvgIpc) is 2.50. The third-order valence-electron chi connectivity index (χ3n) is 2.04. The number of amides is 1. The molecule has 0 N–H and O–H groups in total. The van der Waals surface area contributed by atoms with Crippen molar-refractivity contribution in [1.82, 2.24) is 14.7 Å². The molecule has 1 heterocycles. The Hall–Kier alpha value is -1.03. The fourth-order valence-electron chi connectivity index (χ4n) is 1.18. The van der Waals surface area contributed by atoms with Crippen LogP contribution in [-0.4, -0.2) is 33.0 Å². The minimum Gasteiger partial charge on any atom is -0.339 e. The third kappa shape index (κ3) is 2.48. The Morgan fingerprint density at radius 1 is 1.79 bits per heavy atom. The zero-order valence-corrected chi connectivity index (χ0v) is 9.32. The summed E-state index contributed by atoms with van der Waals surface area (Å²) >= 11 is 5.69. The third-order valence-corrected chi connectivity index (χ3v) is 2.22. The number of aryl methyl sites for hydroxylation is 1. The van der Waals surface area contributed by atoms with Crippen LogP contribution in [0, 0.1) is 0 Å². The number of carbonyl (C=O) groups is 1. The number of halogens is 1. The monoisotopic (exact) mass is 215 g/mol. The molecule has 0 radical (unpaired) electrons. The summed E-state index contributed by atoms with van der Waals surface area (Å²) in [5.41, 5.74) is 0.984. The lowest BCUT2D eigenvalue weighted by atomic mass is 10.3. The number of hydrogen-bond donors (Lipinski definition) is 0. The zero-order chi connectivity index (χ0) is 10.7. The van der Waals surface area contributed by atoms with Gasteiger partial charge in [-0.2, -0.15) is 5.10 Å². The van der Waals surface area contributed by atoms with Crippen LogP contribution >= 0.6 is 11.6 Å². The highest BCUT2D eigenvalue weighted by Crippen LogP contribution is 2.05. The molecule has 78 valence electrons. The van der Waals surface area contributed by atoms with E-state index >= 15 is 0 Å². The molecule has 0 fully saturated rings. The Kier molecular flexibility index (Phi) is 3.52. The summed E-state index contributed by atoms with van der Waals surface area (Å²) in [4.78, 5) is 13.0. The molecule has 4 nitrogen and oxygen atoms in total. The van der Waals surface area contributed by atoms with Gasteiger partial charge < -0.3 is 4.90 Å². The first-order chi connectivity index (χ1) is 6.52. The topological polar surface area (TPSA) is 38.1 Å². The van der Waals surface area contributed by atoms with Crippen molar-refractivity contribution in [2.75, 3.05) is 7.05 Å². The minimum absolute atomic E-state index is 0.0760. The van der Waals surface area contributed by atoms with Gasteiger partial charge in [0.1, 0.15) is 5.38 Å². The van der Waals surface area contributed by atoms with Crippen molar-refractivity contribution in [2.24, 2.45) is 7.05 Å². The van der Waals surface area contributed by atoms with Crippen molar-refractivity contribution in [1.29, 1.82) is 0 Å². The van der Waals surface area contributed by atoms with Crippen LogP contribution in [0.25, 0.3) is 0 Å². The molecule has 0 aliphatic rings. The molecular weight excluding hydrogens is 202 g/mol. The molecule has 0 spiro atoms. The normalized spacial score (nSPS) is 12.6. The van der Waals surface area contributed by atoms with Crippen molar-refractivity contribution < 1.29 is 4.79 Å². The number of rotatable bonds is 3. The Morgan fingerprint density at radius 3 is 2.86 bits per heavy atom. The van der Waals surface area contributed by atoms with E-state index in [9.17, 15) is 4.79 Å². The maximum atomic E-state index is 11.4. The van der Waals surface area contributed by atoms with Gasteiger partial charge in [-0.25, -0.2) is 0 Å². The quantitative estimate of drug-likeness (QED) is 0.706. The molecule has 0 aliphatic heterocycles. The molecule has 1 atom stereocenters. The maximum Gasteiger partial charge on any atom is 0.240 e. The van der Waals surface area contributed by atoms with Crippen LogP contribution in [0.4, 0.5) is 0 Å². The van der Waals surface area contributed by atoms with Gasteiger partial charge in [0.25, 0.3) is 0 Å².